The molecule has 100 valence electrons. The molecule has 19 heavy (non-hydrogen) atoms. The van der Waals surface area contributed by atoms with Crippen molar-refractivity contribution in [1.29, 1.82) is 0 Å². The Bertz CT molecular complexity index is 590. The van der Waals surface area contributed by atoms with Crippen LogP contribution >= 0.6 is 0 Å². The van der Waals surface area contributed by atoms with Crippen molar-refractivity contribution in [2.75, 3.05) is 5.32 Å². The molecule has 0 unspecified atom stereocenters. The van der Waals surface area contributed by atoms with E-state index >= 15 is 0 Å². The lowest BCUT2D eigenvalue weighted by atomic mass is 10.2. The molecule has 0 aliphatic rings. The topological polar surface area (TPSA) is 60.1 Å². The van der Waals surface area contributed by atoms with Crippen LogP contribution in [0.2, 0.25) is 0 Å². The van der Waals surface area contributed by atoms with E-state index in [-0.39, 0.29) is 10.6 Å². The van der Waals surface area contributed by atoms with E-state index in [0.29, 0.717) is 12.2 Å². The lowest BCUT2D eigenvalue weighted by molar-refractivity contribution is -0.384. The van der Waals surface area contributed by atoms with Crippen molar-refractivity contribution in [2.24, 2.45) is 0 Å². The molecule has 2 aromatic rings. The predicted molar refractivity (Wildman–Crippen MR) is 75.3 cm³/mol. The summed E-state index contributed by atoms with van der Waals surface area (Å²) in [6, 6.07) is 7.10. The number of anilines is 1. The molecular formula is C14H17N3O2. The number of hydrogen-bond acceptors (Lipinski definition) is 3. The van der Waals surface area contributed by atoms with Crippen molar-refractivity contribution in [3.05, 3.63) is 57.9 Å². The van der Waals surface area contributed by atoms with Crippen LogP contribution < -0.4 is 5.32 Å². The standard InChI is InChI=1S/C14H17N3O2/c1-3-16-7-6-12(10-16)9-15-13-8-11(2)4-5-14(13)17(18)19/h4-8,10,15H,3,9H2,1-2H3. The van der Waals surface area contributed by atoms with E-state index in [1.165, 1.54) is 6.07 Å². The van der Waals surface area contributed by atoms with Crippen molar-refractivity contribution in [3.63, 3.8) is 0 Å². The van der Waals surface area contributed by atoms with Crippen LogP contribution in [0.3, 0.4) is 0 Å². The lowest BCUT2D eigenvalue weighted by Gasteiger charge is -2.07. The SMILES string of the molecule is CCn1ccc(CNc2cc(C)ccc2[N+](=O)[O-])c1. The van der Waals surface area contributed by atoms with Gasteiger partial charge in [-0.05, 0) is 37.1 Å². The molecule has 2 rings (SSSR count). The number of nitrogens with zero attached hydrogens (tertiary/aromatic N) is 2. The summed E-state index contributed by atoms with van der Waals surface area (Å²) in [4.78, 5) is 10.6. The number of hydrogen-bond donors (Lipinski definition) is 1. The Kier molecular flexibility index (Phi) is 3.85. The molecule has 0 saturated heterocycles. The fraction of sp³-hybridized carbons (Fsp3) is 0.286. The van der Waals surface area contributed by atoms with Crippen LogP contribution in [0.1, 0.15) is 18.1 Å². The zero-order valence-electron chi connectivity index (χ0n) is 11.1. The molecule has 1 aromatic heterocycles. The maximum Gasteiger partial charge on any atom is 0.292 e. The number of rotatable bonds is 5. The first-order valence-corrected chi connectivity index (χ1v) is 6.23. The quantitative estimate of drug-likeness (QED) is 0.661. The Balaban J connectivity index is 2.14. The molecule has 5 heteroatoms. The highest BCUT2D eigenvalue weighted by atomic mass is 16.6. The number of nitro benzene ring substituents is 1. The van der Waals surface area contributed by atoms with Crippen LogP contribution in [-0.4, -0.2) is 9.49 Å². The van der Waals surface area contributed by atoms with Crippen LogP contribution in [0.15, 0.2) is 36.7 Å². The Labute approximate surface area is 112 Å². The summed E-state index contributed by atoms with van der Waals surface area (Å²) in [5.74, 6) is 0. The number of benzene rings is 1. The summed E-state index contributed by atoms with van der Waals surface area (Å²) in [5, 5.41) is 14.1. The second-order valence-electron chi connectivity index (χ2n) is 4.48. The normalized spacial score (nSPS) is 10.4. The van der Waals surface area contributed by atoms with E-state index in [2.05, 4.69) is 16.8 Å². The molecule has 0 saturated carbocycles. The Morgan fingerprint density at radius 2 is 2.16 bits per heavy atom. The van der Waals surface area contributed by atoms with Crippen LogP contribution in [0.5, 0.6) is 0 Å². The monoisotopic (exact) mass is 259 g/mol. The van der Waals surface area contributed by atoms with Gasteiger partial charge in [0.25, 0.3) is 5.69 Å². The minimum absolute atomic E-state index is 0.112. The second-order valence-corrected chi connectivity index (χ2v) is 4.48. The van der Waals surface area contributed by atoms with Gasteiger partial charge in [-0.2, -0.15) is 0 Å². The van der Waals surface area contributed by atoms with Gasteiger partial charge in [-0.25, -0.2) is 0 Å². The average molecular weight is 259 g/mol. The predicted octanol–water partition coefficient (Wildman–Crippen LogP) is 3.34. The molecule has 0 aliphatic carbocycles. The second kappa shape index (κ2) is 5.56. The highest BCUT2D eigenvalue weighted by molar-refractivity contribution is 5.62. The zero-order valence-corrected chi connectivity index (χ0v) is 11.1. The Morgan fingerprint density at radius 3 is 2.79 bits per heavy atom. The van der Waals surface area contributed by atoms with Crippen LogP contribution in [0.4, 0.5) is 11.4 Å². The minimum atomic E-state index is -0.362. The fourth-order valence-electron chi connectivity index (χ4n) is 1.94. The van der Waals surface area contributed by atoms with Gasteiger partial charge in [0.15, 0.2) is 0 Å². The molecule has 1 N–H and O–H groups in total. The third kappa shape index (κ3) is 3.13. The minimum Gasteiger partial charge on any atom is -0.375 e. The average Bonchev–Trinajstić information content (AvgIpc) is 2.84. The van der Waals surface area contributed by atoms with E-state index in [0.717, 1.165) is 17.7 Å². The van der Waals surface area contributed by atoms with Gasteiger partial charge in [0, 0.05) is 31.5 Å². The third-order valence-electron chi connectivity index (χ3n) is 3.01. The van der Waals surface area contributed by atoms with Gasteiger partial charge < -0.3 is 9.88 Å². The summed E-state index contributed by atoms with van der Waals surface area (Å²) in [6.07, 6.45) is 4.04. The van der Waals surface area contributed by atoms with Crippen LogP contribution in [-0.2, 0) is 13.1 Å². The number of aryl methyl sites for hydroxylation is 2. The summed E-state index contributed by atoms with van der Waals surface area (Å²) in [7, 11) is 0. The van der Waals surface area contributed by atoms with Gasteiger partial charge in [-0.15, -0.1) is 0 Å². The van der Waals surface area contributed by atoms with E-state index in [1.54, 1.807) is 12.1 Å². The van der Waals surface area contributed by atoms with Crippen LogP contribution in [0, 0.1) is 17.0 Å². The maximum absolute atomic E-state index is 11.0. The van der Waals surface area contributed by atoms with Crippen molar-refractivity contribution in [3.8, 4) is 0 Å². The van der Waals surface area contributed by atoms with E-state index in [9.17, 15) is 10.1 Å². The first-order chi connectivity index (χ1) is 9.10. The highest BCUT2D eigenvalue weighted by Gasteiger charge is 2.12. The van der Waals surface area contributed by atoms with Gasteiger partial charge in [0.1, 0.15) is 5.69 Å². The smallest absolute Gasteiger partial charge is 0.292 e. The van der Waals surface area contributed by atoms with E-state index in [1.807, 2.05) is 25.4 Å². The first kappa shape index (κ1) is 13.1. The summed E-state index contributed by atoms with van der Waals surface area (Å²) in [5.41, 5.74) is 2.78. The number of nitro groups is 1. The lowest BCUT2D eigenvalue weighted by Crippen LogP contribution is -2.02. The molecule has 0 amide bonds. The molecule has 0 atom stereocenters. The molecule has 0 radical (unpaired) electrons. The van der Waals surface area contributed by atoms with Gasteiger partial charge >= 0.3 is 0 Å². The van der Waals surface area contributed by atoms with Crippen molar-refractivity contribution < 1.29 is 4.92 Å². The van der Waals surface area contributed by atoms with Crippen molar-refractivity contribution >= 4 is 11.4 Å². The molecule has 1 heterocycles. The van der Waals surface area contributed by atoms with Crippen LogP contribution in [0.25, 0.3) is 0 Å². The molecule has 5 nitrogen and oxygen atoms in total. The van der Waals surface area contributed by atoms with Crippen molar-refractivity contribution in [2.45, 2.75) is 26.9 Å². The maximum atomic E-state index is 11.0. The fourth-order valence-corrected chi connectivity index (χ4v) is 1.94. The summed E-state index contributed by atoms with van der Waals surface area (Å²) < 4.78 is 2.07. The van der Waals surface area contributed by atoms with E-state index < -0.39 is 0 Å². The molecule has 0 aliphatic heterocycles. The Hall–Kier alpha value is -2.30. The highest BCUT2D eigenvalue weighted by Crippen LogP contribution is 2.25. The first-order valence-electron chi connectivity index (χ1n) is 6.23. The largest absolute Gasteiger partial charge is 0.375 e. The molecule has 0 spiro atoms. The van der Waals surface area contributed by atoms with Gasteiger partial charge in [-0.1, -0.05) is 6.07 Å². The number of nitrogens with one attached hydrogen (secondary N) is 1. The van der Waals surface area contributed by atoms with E-state index in [4.69, 9.17) is 0 Å². The van der Waals surface area contributed by atoms with Gasteiger partial charge in [-0.3, -0.25) is 10.1 Å². The Morgan fingerprint density at radius 1 is 1.37 bits per heavy atom. The van der Waals surface area contributed by atoms with Gasteiger partial charge in [0.2, 0.25) is 0 Å². The summed E-state index contributed by atoms with van der Waals surface area (Å²) in [6.45, 7) is 5.49. The molecule has 1 aromatic carbocycles. The molecule has 0 bridgehead atoms. The van der Waals surface area contributed by atoms with Crippen molar-refractivity contribution in [1.82, 2.24) is 4.57 Å². The molecule has 0 fully saturated rings. The van der Waals surface area contributed by atoms with Gasteiger partial charge in [0.05, 0.1) is 4.92 Å². The summed E-state index contributed by atoms with van der Waals surface area (Å²) >= 11 is 0. The third-order valence-corrected chi connectivity index (χ3v) is 3.01. The number of aromatic nitrogens is 1. The molecular weight excluding hydrogens is 242 g/mol. The zero-order chi connectivity index (χ0) is 13.8.